The maximum Gasteiger partial charge on any atom is 0.388 e. The number of hydrogen-bond acceptors (Lipinski definition) is 7. The second-order valence-corrected chi connectivity index (χ2v) is 11.9. The first-order valence-electron chi connectivity index (χ1n) is 11.0. The van der Waals surface area contributed by atoms with Crippen molar-refractivity contribution in [2.24, 2.45) is 10.7 Å². The zero-order valence-electron chi connectivity index (χ0n) is 19.1. The Hall–Kier alpha value is -2.79. The molecule has 0 spiro atoms. The monoisotopic (exact) mass is 526 g/mol. The number of amides is 1. The molecule has 4 rings (SSSR count). The standard InChI is InChI=1S/C23H25ClF2N4O4S/c1-13-10-15(8-9-35(13,32)33)30-19(31)11-23(2,29-22(30)27)17-5-3-4-16(20(17)24)14-6-7-18(28-12-14)34-21(25)26/h3-7,12-13,15,21H,8-11H2,1-2H3,(H2,27,29)/t13-,15-,23+/m1/s1. The first kappa shape index (κ1) is 25.3. The van der Waals surface area contributed by atoms with Crippen molar-refractivity contribution >= 4 is 33.3 Å². The van der Waals surface area contributed by atoms with Crippen LogP contribution in [0.4, 0.5) is 8.78 Å². The summed E-state index contributed by atoms with van der Waals surface area (Å²) in [6.45, 7) is 0.416. The highest BCUT2D eigenvalue weighted by molar-refractivity contribution is 7.92. The minimum atomic E-state index is -3.17. The number of nitrogens with zero attached hydrogens (tertiary/aromatic N) is 3. The highest BCUT2D eigenvalue weighted by Gasteiger charge is 2.44. The first-order valence-corrected chi connectivity index (χ1v) is 13.1. The molecule has 3 heterocycles. The number of hydrogen-bond donors (Lipinski definition) is 1. The molecule has 1 fully saturated rings. The van der Waals surface area contributed by atoms with E-state index in [9.17, 15) is 22.0 Å². The lowest BCUT2D eigenvalue weighted by atomic mass is 9.85. The number of aliphatic imine (C=N–C) groups is 1. The summed E-state index contributed by atoms with van der Waals surface area (Å²) in [6, 6.07) is 7.78. The second-order valence-electron chi connectivity index (χ2n) is 8.97. The molecule has 0 aliphatic carbocycles. The van der Waals surface area contributed by atoms with Crippen LogP contribution in [0.3, 0.4) is 0 Å². The fourth-order valence-corrected chi connectivity index (χ4v) is 6.61. The number of rotatable bonds is 5. The molecule has 0 unspecified atom stereocenters. The molecule has 2 aromatic rings. The normalized spacial score (nSPS) is 26.5. The Balaban J connectivity index is 1.64. The summed E-state index contributed by atoms with van der Waals surface area (Å²) in [6.07, 6.45) is 1.97. The van der Waals surface area contributed by atoms with Crippen molar-refractivity contribution in [1.29, 1.82) is 0 Å². The molecule has 3 atom stereocenters. The van der Waals surface area contributed by atoms with Crippen LogP contribution in [0.5, 0.6) is 5.88 Å². The predicted molar refractivity (Wildman–Crippen MR) is 128 cm³/mol. The Bertz CT molecular complexity index is 1270. The van der Waals surface area contributed by atoms with Gasteiger partial charge in [-0.25, -0.2) is 18.4 Å². The lowest BCUT2D eigenvalue weighted by Crippen LogP contribution is -2.56. The SMILES string of the molecule is C[C@@H]1C[C@H](N2C(=O)C[C@@](C)(c3cccc(-c4ccc(OC(F)F)nc4)c3Cl)N=C2N)CCS1(=O)=O. The molecule has 1 aromatic carbocycles. The van der Waals surface area contributed by atoms with Gasteiger partial charge in [-0.05, 0) is 38.3 Å². The first-order chi connectivity index (χ1) is 16.4. The van der Waals surface area contributed by atoms with Gasteiger partial charge in [0.25, 0.3) is 0 Å². The van der Waals surface area contributed by atoms with Crippen molar-refractivity contribution in [3.63, 3.8) is 0 Å². The van der Waals surface area contributed by atoms with E-state index in [1.54, 1.807) is 38.1 Å². The fraction of sp³-hybridized carbons (Fsp3) is 0.435. The van der Waals surface area contributed by atoms with Crippen molar-refractivity contribution in [3.05, 3.63) is 47.1 Å². The Morgan fingerprint density at radius 2 is 2.03 bits per heavy atom. The molecule has 1 aromatic heterocycles. The highest BCUT2D eigenvalue weighted by Crippen LogP contribution is 2.42. The summed E-state index contributed by atoms with van der Waals surface area (Å²) in [5.41, 5.74) is 6.93. The summed E-state index contributed by atoms with van der Waals surface area (Å²) in [5, 5.41) is -0.234. The van der Waals surface area contributed by atoms with Crippen LogP contribution in [-0.2, 0) is 20.2 Å². The Morgan fingerprint density at radius 1 is 1.29 bits per heavy atom. The van der Waals surface area contributed by atoms with Crippen LogP contribution < -0.4 is 10.5 Å². The van der Waals surface area contributed by atoms with E-state index >= 15 is 0 Å². The number of ether oxygens (including phenoxy) is 1. The van der Waals surface area contributed by atoms with Gasteiger partial charge >= 0.3 is 6.61 Å². The smallest absolute Gasteiger partial charge is 0.388 e. The third kappa shape index (κ3) is 4.97. The highest BCUT2D eigenvalue weighted by atomic mass is 35.5. The number of alkyl halides is 2. The van der Waals surface area contributed by atoms with Crippen LogP contribution >= 0.6 is 11.6 Å². The third-order valence-corrected chi connectivity index (χ3v) is 9.16. The molecule has 2 aliphatic rings. The number of sulfone groups is 1. The van der Waals surface area contributed by atoms with E-state index in [0.717, 1.165) is 0 Å². The maximum absolute atomic E-state index is 13.2. The van der Waals surface area contributed by atoms with Crippen molar-refractivity contribution in [2.45, 2.75) is 56.6 Å². The van der Waals surface area contributed by atoms with Crippen LogP contribution in [-0.4, -0.2) is 53.8 Å². The van der Waals surface area contributed by atoms with Crippen LogP contribution in [0, 0.1) is 0 Å². The van der Waals surface area contributed by atoms with Crippen LogP contribution in [0.1, 0.15) is 38.7 Å². The Labute approximate surface area is 207 Å². The van der Waals surface area contributed by atoms with Gasteiger partial charge in [-0.3, -0.25) is 9.69 Å². The molecule has 35 heavy (non-hydrogen) atoms. The molecule has 8 nitrogen and oxygen atoms in total. The van der Waals surface area contributed by atoms with Gasteiger partial charge in [0, 0.05) is 29.4 Å². The lowest BCUT2D eigenvalue weighted by molar-refractivity contribution is -0.131. The van der Waals surface area contributed by atoms with Gasteiger partial charge in [-0.1, -0.05) is 29.8 Å². The molecule has 2 N–H and O–H groups in total. The van der Waals surface area contributed by atoms with Crippen LogP contribution in [0.15, 0.2) is 41.5 Å². The molecule has 0 bridgehead atoms. The average molecular weight is 527 g/mol. The largest absolute Gasteiger partial charge is 0.417 e. The van der Waals surface area contributed by atoms with E-state index in [-0.39, 0.29) is 36.0 Å². The second kappa shape index (κ2) is 9.34. The van der Waals surface area contributed by atoms with E-state index in [2.05, 4.69) is 14.7 Å². The number of pyridine rings is 1. The Kier molecular flexibility index (Phi) is 6.76. The molecule has 0 saturated carbocycles. The number of carbonyl (C=O) groups is 1. The number of halogens is 3. The van der Waals surface area contributed by atoms with E-state index in [1.165, 1.54) is 17.2 Å². The van der Waals surface area contributed by atoms with Crippen molar-refractivity contribution < 1.29 is 26.7 Å². The number of guanidine groups is 1. The van der Waals surface area contributed by atoms with Gasteiger partial charge in [-0.2, -0.15) is 8.78 Å². The molecule has 0 radical (unpaired) electrons. The molecule has 1 saturated heterocycles. The van der Waals surface area contributed by atoms with Gasteiger partial charge in [-0.15, -0.1) is 0 Å². The van der Waals surface area contributed by atoms with Crippen molar-refractivity contribution in [1.82, 2.24) is 9.88 Å². The zero-order valence-corrected chi connectivity index (χ0v) is 20.7. The summed E-state index contributed by atoms with van der Waals surface area (Å²) < 4.78 is 53.3. The fourth-order valence-electron chi connectivity index (χ4n) is 4.65. The van der Waals surface area contributed by atoms with Crippen LogP contribution in [0.25, 0.3) is 11.1 Å². The summed E-state index contributed by atoms with van der Waals surface area (Å²) in [4.78, 5) is 23.2. The topological polar surface area (TPSA) is 115 Å². The quantitative estimate of drug-likeness (QED) is 0.635. The number of nitrogens with two attached hydrogens (primary N) is 1. The van der Waals surface area contributed by atoms with Gasteiger partial charge in [0.1, 0.15) is 0 Å². The van der Waals surface area contributed by atoms with E-state index in [1.807, 2.05) is 0 Å². The third-order valence-electron chi connectivity index (χ3n) is 6.53. The van der Waals surface area contributed by atoms with Crippen molar-refractivity contribution in [3.8, 4) is 17.0 Å². The molecule has 188 valence electrons. The number of carbonyl (C=O) groups excluding carboxylic acids is 1. The van der Waals surface area contributed by atoms with Gasteiger partial charge in [0.05, 0.1) is 28.0 Å². The van der Waals surface area contributed by atoms with E-state index < -0.39 is 27.2 Å². The Morgan fingerprint density at radius 3 is 2.63 bits per heavy atom. The predicted octanol–water partition coefficient (Wildman–Crippen LogP) is 3.73. The number of benzene rings is 1. The van der Waals surface area contributed by atoms with Crippen molar-refractivity contribution in [2.75, 3.05) is 5.75 Å². The summed E-state index contributed by atoms with van der Waals surface area (Å²) >= 11 is 6.74. The van der Waals surface area contributed by atoms with Crippen LogP contribution in [0.2, 0.25) is 5.02 Å². The van der Waals surface area contributed by atoms with E-state index in [0.29, 0.717) is 34.6 Å². The number of aromatic nitrogens is 1. The molecule has 2 aliphatic heterocycles. The summed E-state index contributed by atoms with van der Waals surface area (Å²) in [7, 11) is -3.17. The molecular weight excluding hydrogens is 502 g/mol. The lowest BCUT2D eigenvalue weighted by Gasteiger charge is -2.41. The molecule has 12 heteroatoms. The van der Waals surface area contributed by atoms with E-state index in [4.69, 9.17) is 17.3 Å². The van der Waals surface area contributed by atoms with Gasteiger partial charge < -0.3 is 10.5 Å². The molecular formula is C23H25ClF2N4O4S. The maximum atomic E-state index is 13.2. The minimum absolute atomic E-state index is 0.00376. The van der Waals surface area contributed by atoms with Gasteiger partial charge in [0.2, 0.25) is 11.8 Å². The average Bonchev–Trinajstić information content (AvgIpc) is 2.76. The zero-order chi connectivity index (χ0) is 25.5. The van der Waals surface area contributed by atoms with Gasteiger partial charge in [0.15, 0.2) is 15.8 Å². The summed E-state index contributed by atoms with van der Waals surface area (Å²) in [5.74, 6) is -0.455. The molecule has 1 amide bonds. The minimum Gasteiger partial charge on any atom is -0.417 e.